The summed E-state index contributed by atoms with van der Waals surface area (Å²) in [6, 6.07) is 21.6. The second-order valence-electron chi connectivity index (χ2n) is 8.38. The molecule has 3 heterocycles. The Morgan fingerprint density at radius 2 is 1.59 bits per heavy atom. The second-order valence-corrected chi connectivity index (χ2v) is 8.38. The summed E-state index contributed by atoms with van der Waals surface area (Å²) in [5.41, 5.74) is 3.15. The standard InChI is InChI=1S/C26H24F3N3/c27-26(28,29)21-10-11-25(30-16-21)31-14-12-20(13-15-31)23-18-32(17-19-6-2-1-3-7-19)24-9-5-4-8-22(23)24/h1-11,16,18,20H,12-15,17H2. The predicted molar refractivity (Wildman–Crippen MR) is 121 cm³/mol. The minimum atomic E-state index is -4.35. The highest BCUT2D eigenvalue weighted by atomic mass is 19.4. The maximum Gasteiger partial charge on any atom is 0.417 e. The highest BCUT2D eigenvalue weighted by Gasteiger charge is 2.31. The van der Waals surface area contributed by atoms with Crippen LogP contribution in [-0.4, -0.2) is 22.6 Å². The van der Waals surface area contributed by atoms with E-state index in [9.17, 15) is 13.2 Å². The van der Waals surface area contributed by atoms with E-state index in [1.54, 1.807) is 0 Å². The van der Waals surface area contributed by atoms with Gasteiger partial charge in [-0.15, -0.1) is 0 Å². The molecule has 0 bridgehead atoms. The summed E-state index contributed by atoms with van der Waals surface area (Å²) >= 11 is 0. The van der Waals surface area contributed by atoms with Crippen LogP contribution in [0.25, 0.3) is 10.9 Å². The molecule has 0 saturated carbocycles. The Morgan fingerprint density at radius 3 is 2.28 bits per heavy atom. The van der Waals surface area contributed by atoms with Crippen LogP contribution in [-0.2, 0) is 12.7 Å². The van der Waals surface area contributed by atoms with Gasteiger partial charge in [-0.25, -0.2) is 4.98 Å². The first-order chi connectivity index (χ1) is 15.5. The van der Waals surface area contributed by atoms with Gasteiger partial charge in [0.15, 0.2) is 0 Å². The van der Waals surface area contributed by atoms with E-state index >= 15 is 0 Å². The molecule has 0 radical (unpaired) electrons. The first-order valence-corrected chi connectivity index (χ1v) is 10.9. The summed E-state index contributed by atoms with van der Waals surface area (Å²) in [6.45, 7) is 2.39. The molecule has 1 aliphatic rings. The van der Waals surface area contributed by atoms with E-state index in [1.807, 2.05) is 6.07 Å². The average Bonchev–Trinajstić information content (AvgIpc) is 3.18. The summed E-state index contributed by atoms with van der Waals surface area (Å²) in [5.74, 6) is 1.03. The predicted octanol–water partition coefficient (Wildman–Crippen LogP) is 6.49. The van der Waals surface area contributed by atoms with Crippen molar-refractivity contribution in [3.8, 4) is 0 Å². The Labute approximate surface area is 185 Å². The fourth-order valence-electron chi connectivity index (χ4n) is 4.67. The molecule has 0 N–H and O–H groups in total. The summed E-state index contributed by atoms with van der Waals surface area (Å²) in [7, 11) is 0. The van der Waals surface area contributed by atoms with Crippen molar-refractivity contribution in [3.63, 3.8) is 0 Å². The van der Waals surface area contributed by atoms with Crippen LogP contribution in [0.5, 0.6) is 0 Å². The third-order valence-corrected chi connectivity index (χ3v) is 6.35. The number of benzene rings is 2. The lowest BCUT2D eigenvalue weighted by Crippen LogP contribution is -2.33. The summed E-state index contributed by atoms with van der Waals surface area (Å²) < 4.78 is 40.8. The van der Waals surface area contributed by atoms with Crippen LogP contribution in [0.2, 0.25) is 0 Å². The minimum absolute atomic E-state index is 0.419. The molecule has 32 heavy (non-hydrogen) atoms. The molecular weight excluding hydrogens is 411 g/mol. The fraction of sp³-hybridized carbons (Fsp3) is 0.269. The van der Waals surface area contributed by atoms with E-state index in [-0.39, 0.29) is 0 Å². The van der Waals surface area contributed by atoms with Crippen molar-refractivity contribution in [1.82, 2.24) is 9.55 Å². The van der Waals surface area contributed by atoms with Crippen molar-refractivity contribution in [3.05, 3.63) is 95.8 Å². The Hall–Kier alpha value is -3.28. The van der Waals surface area contributed by atoms with Gasteiger partial charge in [0, 0.05) is 42.9 Å². The first-order valence-electron chi connectivity index (χ1n) is 10.9. The Bertz CT molecular complexity index is 1190. The zero-order valence-corrected chi connectivity index (χ0v) is 17.6. The SMILES string of the molecule is FC(F)(F)c1ccc(N2CCC(c3cn(Cc4ccccc4)c4ccccc34)CC2)nc1. The molecule has 0 aliphatic carbocycles. The number of hydrogen-bond acceptors (Lipinski definition) is 2. The van der Waals surface area contributed by atoms with Gasteiger partial charge in [-0.05, 0) is 48.1 Å². The van der Waals surface area contributed by atoms with Gasteiger partial charge >= 0.3 is 6.18 Å². The number of halogens is 3. The molecule has 5 rings (SSSR count). The van der Waals surface area contributed by atoms with Crippen LogP contribution in [0.15, 0.2) is 79.1 Å². The van der Waals surface area contributed by atoms with Gasteiger partial charge in [0.25, 0.3) is 0 Å². The molecule has 0 unspecified atom stereocenters. The molecule has 1 saturated heterocycles. The molecule has 0 amide bonds. The number of piperidine rings is 1. The van der Waals surface area contributed by atoms with Crippen molar-refractivity contribution in [1.29, 1.82) is 0 Å². The Morgan fingerprint density at radius 1 is 0.875 bits per heavy atom. The van der Waals surface area contributed by atoms with Gasteiger partial charge in [-0.2, -0.15) is 13.2 Å². The van der Waals surface area contributed by atoms with Gasteiger partial charge in [0.1, 0.15) is 5.82 Å². The molecule has 0 atom stereocenters. The lowest BCUT2D eigenvalue weighted by Gasteiger charge is -2.33. The number of nitrogens with zero attached hydrogens (tertiary/aromatic N) is 3. The lowest BCUT2D eigenvalue weighted by atomic mass is 9.89. The average molecular weight is 435 g/mol. The van der Waals surface area contributed by atoms with Crippen LogP contribution in [0.4, 0.5) is 19.0 Å². The number of anilines is 1. The summed E-state index contributed by atoms with van der Waals surface area (Å²) in [5, 5.41) is 1.29. The van der Waals surface area contributed by atoms with Crippen molar-refractivity contribution in [2.24, 2.45) is 0 Å². The van der Waals surface area contributed by atoms with Crippen molar-refractivity contribution < 1.29 is 13.2 Å². The molecule has 4 aromatic rings. The number of pyridine rings is 1. The van der Waals surface area contributed by atoms with E-state index < -0.39 is 11.7 Å². The largest absolute Gasteiger partial charge is 0.417 e. The molecule has 2 aromatic carbocycles. The topological polar surface area (TPSA) is 21.1 Å². The fourth-order valence-corrected chi connectivity index (χ4v) is 4.67. The minimum Gasteiger partial charge on any atom is -0.357 e. The summed E-state index contributed by atoms with van der Waals surface area (Å²) in [4.78, 5) is 6.15. The van der Waals surface area contributed by atoms with Crippen LogP contribution in [0.3, 0.4) is 0 Å². The highest BCUT2D eigenvalue weighted by Crippen LogP contribution is 2.36. The summed E-state index contributed by atoms with van der Waals surface area (Å²) in [6.07, 6.45) is 0.754. The molecule has 2 aromatic heterocycles. The number of hydrogen-bond donors (Lipinski definition) is 0. The molecule has 164 valence electrons. The van der Waals surface area contributed by atoms with E-state index in [0.29, 0.717) is 11.7 Å². The van der Waals surface area contributed by atoms with Crippen molar-refractivity contribution in [2.75, 3.05) is 18.0 Å². The second kappa shape index (κ2) is 8.34. The van der Waals surface area contributed by atoms with E-state index in [0.717, 1.165) is 44.7 Å². The maximum atomic E-state index is 12.8. The van der Waals surface area contributed by atoms with Gasteiger partial charge in [0.05, 0.1) is 5.56 Å². The van der Waals surface area contributed by atoms with Crippen molar-refractivity contribution >= 4 is 16.7 Å². The number of rotatable bonds is 4. The third-order valence-electron chi connectivity index (χ3n) is 6.35. The normalized spacial score (nSPS) is 15.4. The third kappa shape index (κ3) is 4.09. The number of fused-ring (bicyclic) bond motifs is 1. The zero-order valence-electron chi connectivity index (χ0n) is 17.6. The van der Waals surface area contributed by atoms with Crippen LogP contribution >= 0.6 is 0 Å². The first kappa shape index (κ1) is 20.6. The zero-order chi connectivity index (χ0) is 22.1. The molecule has 0 spiro atoms. The maximum absolute atomic E-state index is 12.8. The number of para-hydroxylation sites is 1. The highest BCUT2D eigenvalue weighted by molar-refractivity contribution is 5.84. The van der Waals surface area contributed by atoms with Crippen LogP contribution in [0, 0.1) is 0 Å². The lowest BCUT2D eigenvalue weighted by molar-refractivity contribution is -0.137. The van der Waals surface area contributed by atoms with Crippen LogP contribution in [0.1, 0.15) is 35.4 Å². The van der Waals surface area contributed by atoms with Gasteiger partial charge in [-0.3, -0.25) is 0 Å². The smallest absolute Gasteiger partial charge is 0.357 e. The molecule has 1 aliphatic heterocycles. The van der Waals surface area contributed by atoms with E-state index in [4.69, 9.17) is 0 Å². The molecular formula is C26H24F3N3. The van der Waals surface area contributed by atoms with E-state index in [1.165, 1.54) is 28.1 Å². The van der Waals surface area contributed by atoms with Crippen LogP contribution < -0.4 is 4.90 Å². The Balaban J connectivity index is 1.34. The van der Waals surface area contributed by atoms with E-state index in [2.05, 4.69) is 69.2 Å². The van der Waals surface area contributed by atoms with Crippen molar-refractivity contribution in [2.45, 2.75) is 31.5 Å². The van der Waals surface area contributed by atoms with Gasteiger partial charge in [0.2, 0.25) is 0 Å². The Kier molecular flexibility index (Phi) is 5.37. The molecule has 6 heteroatoms. The monoisotopic (exact) mass is 435 g/mol. The number of alkyl halides is 3. The van der Waals surface area contributed by atoms with Gasteiger partial charge < -0.3 is 9.47 Å². The van der Waals surface area contributed by atoms with Gasteiger partial charge in [-0.1, -0.05) is 48.5 Å². The molecule has 1 fully saturated rings. The molecule has 3 nitrogen and oxygen atoms in total. The number of aromatic nitrogens is 2. The quantitative estimate of drug-likeness (QED) is 0.365.